The zero-order valence-electron chi connectivity index (χ0n) is 12.7. The maximum atomic E-state index is 13.2. The smallest absolute Gasteiger partial charge is 0.233 e. The summed E-state index contributed by atoms with van der Waals surface area (Å²) in [5.41, 5.74) is 1.35. The van der Waals surface area contributed by atoms with E-state index in [-0.39, 0.29) is 17.1 Å². The quantitative estimate of drug-likeness (QED) is 0.824. The van der Waals surface area contributed by atoms with Gasteiger partial charge < -0.3 is 4.90 Å². The molecule has 1 aliphatic heterocycles. The third-order valence-corrected chi connectivity index (χ3v) is 5.22. The van der Waals surface area contributed by atoms with E-state index in [4.69, 9.17) is 0 Å². The summed E-state index contributed by atoms with van der Waals surface area (Å²) >= 11 is 0. The second-order valence-corrected chi connectivity index (χ2v) is 6.34. The first kappa shape index (κ1) is 14.3. The van der Waals surface area contributed by atoms with E-state index in [0.29, 0.717) is 18.5 Å². The van der Waals surface area contributed by atoms with Gasteiger partial charge in [0.1, 0.15) is 0 Å². The average Bonchev–Trinajstić information content (AvgIpc) is 2.95. The van der Waals surface area contributed by atoms with Crippen LogP contribution in [-0.4, -0.2) is 18.2 Å². The number of rotatable bonds is 2. The van der Waals surface area contributed by atoms with Crippen molar-refractivity contribution in [3.05, 3.63) is 29.8 Å². The fraction of sp³-hybridized carbons (Fsp3) is 0.556. The SMILES string of the molecule is CCC1(C(=O)N2CCCC(=O)c3ccccc32)CCCC1. The maximum absolute atomic E-state index is 13.2. The van der Waals surface area contributed by atoms with E-state index < -0.39 is 0 Å². The van der Waals surface area contributed by atoms with Crippen LogP contribution in [0.1, 0.15) is 62.2 Å². The van der Waals surface area contributed by atoms with E-state index in [2.05, 4.69) is 6.92 Å². The molecule has 3 heteroatoms. The Balaban J connectivity index is 2.00. The summed E-state index contributed by atoms with van der Waals surface area (Å²) in [5.74, 6) is 0.405. The molecule has 1 heterocycles. The second-order valence-electron chi connectivity index (χ2n) is 6.34. The minimum atomic E-state index is -0.194. The number of Topliss-reactive ketones (excluding diaryl/α,β-unsaturated/α-hetero) is 1. The first-order valence-corrected chi connectivity index (χ1v) is 8.12. The Morgan fingerprint density at radius 2 is 1.90 bits per heavy atom. The molecular weight excluding hydrogens is 262 g/mol. The van der Waals surface area contributed by atoms with Gasteiger partial charge in [-0.15, -0.1) is 0 Å². The van der Waals surface area contributed by atoms with Gasteiger partial charge in [-0.05, 0) is 37.8 Å². The molecule has 1 saturated carbocycles. The summed E-state index contributed by atoms with van der Waals surface area (Å²) < 4.78 is 0. The summed E-state index contributed by atoms with van der Waals surface area (Å²) in [6.45, 7) is 2.79. The summed E-state index contributed by atoms with van der Waals surface area (Å²) in [6, 6.07) is 7.59. The Bertz CT molecular complexity index is 558. The predicted molar refractivity (Wildman–Crippen MR) is 83.6 cm³/mol. The van der Waals surface area contributed by atoms with Gasteiger partial charge in [-0.25, -0.2) is 0 Å². The van der Waals surface area contributed by atoms with Gasteiger partial charge in [0.15, 0.2) is 5.78 Å². The summed E-state index contributed by atoms with van der Waals surface area (Å²) in [6.07, 6.45) is 6.49. The molecule has 1 aliphatic carbocycles. The highest BCUT2D eigenvalue weighted by atomic mass is 16.2. The van der Waals surface area contributed by atoms with E-state index in [1.807, 2.05) is 29.2 Å². The first-order chi connectivity index (χ1) is 10.2. The van der Waals surface area contributed by atoms with Crippen LogP contribution in [0.15, 0.2) is 24.3 Å². The van der Waals surface area contributed by atoms with Gasteiger partial charge in [0.25, 0.3) is 0 Å². The molecule has 0 saturated heterocycles. The van der Waals surface area contributed by atoms with Crippen LogP contribution in [0, 0.1) is 5.41 Å². The monoisotopic (exact) mass is 285 g/mol. The number of fused-ring (bicyclic) bond motifs is 1. The minimum absolute atomic E-state index is 0.165. The van der Waals surface area contributed by atoms with Crippen LogP contribution in [0.4, 0.5) is 5.69 Å². The number of carbonyl (C=O) groups excluding carboxylic acids is 2. The zero-order chi connectivity index (χ0) is 14.9. The molecule has 0 bridgehead atoms. The van der Waals surface area contributed by atoms with Gasteiger partial charge in [0.2, 0.25) is 5.91 Å². The highest BCUT2D eigenvalue weighted by Gasteiger charge is 2.43. The molecule has 1 fully saturated rings. The van der Waals surface area contributed by atoms with Crippen LogP contribution < -0.4 is 4.90 Å². The third kappa shape index (κ3) is 2.39. The second kappa shape index (κ2) is 5.63. The number of carbonyl (C=O) groups is 2. The lowest BCUT2D eigenvalue weighted by molar-refractivity contribution is -0.128. The van der Waals surface area contributed by atoms with Crippen molar-refractivity contribution in [3.63, 3.8) is 0 Å². The lowest BCUT2D eigenvalue weighted by Gasteiger charge is -2.33. The van der Waals surface area contributed by atoms with Crippen molar-refractivity contribution in [1.82, 2.24) is 0 Å². The van der Waals surface area contributed by atoms with Crippen molar-refractivity contribution in [1.29, 1.82) is 0 Å². The first-order valence-electron chi connectivity index (χ1n) is 8.12. The number of amides is 1. The molecule has 3 rings (SSSR count). The van der Waals surface area contributed by atoms with Gasteiger partial charge in [-0.1, -0.05) is 31.9 Å². The third-order valence-electron chi connectivity index (χ3n) is 5.22. The summed E-state index contributed by atoms with van der Waals surface area (Å²) in [7, 11) is 0. The normalized spacial score (nSPS) is 21.0. The van der Waals surface area contributed by atoms with Crippen molar-refractivity contribution >= 4 is 17.4 Å². The van der Waals surface area contributed by atoms with Crippen LogP contribution in [0.2, 0.25) is 0 Å². The lowest BCUT2D eigenvalue weighted by atomic mass is 9.81. The van der Waals surface area contributed by atoms with Crippen LogP contribution in [-0.2, 0) is 4.79 Å². The van der Waals surface area contributed by atoms with E-state index in [1.54, 1.807) is 0 Å². The number of para-hydroxylation sites is 1. The number of nitrogens with zero attached hydrogens (tertiary/aromatic N) is 1. The number of hydrogen-bond donors (Lipinski definition) is 0. The molecule has 0 spiro atoms. The molecule has 21 heavy (non-hydrogen) atoms. The lowest BCUT2D eigenvalue weighted by Crippen LogP contribution is -2.43. The average molecular weight is 285 g/mol. The number of benzene rings is 1. The van der Waals surface area contributed by atoms with Gasteiger partial charge in [-0.3, -0.25) is 9.59 Å². The Morgan fingerprint density at radius 3 is 2.62 bits per heavy atom. The molecule has 112 valence electrons. The molecule has 1 amide bonds. The van der Waals surface area contributed by atoms with Crippen LogP contribution in [0.25, 0.3) is 0 Å². The van der Waals surface area contributed by atoms with E-state index >= 15 is 0 Å². The van der Waals surface area contributed by atoms with E-state index in [9.17, 15) is 9.59 Å². The highest BCUT2D eigenvalue weighted by molar-refractivity contribution is 6.07. The molecule has 0 atom stereocenters. The molecular formula is C18H23NO2. The van der Waals surface area contributed by atoms with Gasteiger partial charge in [-0.2, -0.15) is 0 Å². The van der Waals surface area contributed by atoms with Crippen LogP contribution >= 0.6 is 0 Å². The van der Waals surface area contributed by atoms with Gasteiger partial charge in [0, 0.05) is 23.9 Å². The van der Waals surface area contributed by atoms with Crippen LogP contribution in [0.5, 0.6) is 0 Å². The van der Waals surface area contributed by atoms with E-state index in [1.165, 1.54) is 0 Å². The Hall–Kier alpha value is -1.64. The van der Waals surface area contributed by atoms with Crippen molar-refractivity contribution in [2.24, 2.45) is 5.41 Å². The molecule has 0 radical (unpaired) electrons. The topological polar surface area (TPSA) is 37.4 Å². The molecule has 0 N–H and O–H groups in total. The molecule has 1 aromatic carbocycles. The number of anilines is 1. The number of hydrogen-bond acceptors (Lipinski definition) is 2. The summed E-state index contributed by atoms with van der Waals surface area (Å²) in [4.78, 5) is 27.3. The van der Waals surface area contributed by atoms with E-state index in [0.717, 1.165) is 44.2 Å². The largest absolute Gasteiger partial charge is 0.311 e. The molecule has 1 aromatic rings. The molecule has 2 aliphatic rings. The maximum Gasteiger partial charge on any atom is 0.233 e. The van der Waals surface area contributed by atoms with Crippen molar-refractivity contribution < 1.29 is 9.59 Å². The van der Waals surface area contributed by atoms with Crippen molar-refractivity contribution in [2.75, 3.05) is 11.4 Å². The Morgan fingerprint density at radius 1 is 1.19 bits per heavy atom. The Kier molecular flexibility index (Phi) is 3.83. The molecule has 3 nitrogen and oxygen atoms in total. The van der Waals surface area contributed by atoms with Gasteiger partial charge >= 0.3 is 0 Å². The zero-order valence-corrected chi connectivity index (χ0v) is 12.7. The standard InChI is InChI=1S/C18H23NO2/c1-2-18(11-5-6-12-18)17(21)19-13-7-10-16(20)14-8-3-4-9-15(14)19/h3-4,8-9H,2,5-7,10-13H2,1H3. The fourth-order valence-corrected chi connectivity index (χ4v) is 3.87. The van der Waals surface area contributed by atoms with Crippen molar-refractivity contribution in [3.8, 4) is 0 Å². The van der Waals surface area contributed by atoms with Crippen LogP contribution in [0.3, 0.4) is 0 Å². The fourth-order valence-electron chi connectivity index (χ4n) is 3.87. The Labute approximate surface area is 126 Å². The highest BCUT2D eigenvalue weighted by Crippen LogP contribution is 2.44. The minimum Gasteiger partial charge on any atom is -0.311 e. The molecule has 0 unspecified atom stereocenters. The van der Waals surface area contributed by atoms with Crippen molar-refractivity contribution in [2.45, 2.75) is 51.9 Å². The summed E-state index contributed by atoms with van der Waals surface area (Å²) in [5, 5.41) is 0. The van der Waals surface area contributed by atoms with Gasteiger partial charge in [0.05, 0.1) is 5.69 Å². The molecule has 0 aromatic heterocycles. The number of ketones is 1. The predicted octanol–water partition coefficient (Wildman–Crippen LogP) is 3.97.